The van der Waals surface area contributed by atoms with Gasteiger partial charge in [-0.05, 0) is 31.0 Å². The van der Waals surface area contributed by atoms with Crippen LogP contribution in [0.2, 0.25) is 10.0 Å². The van der Waals surface area contributed by atoms with E-state index in [-0.39, 0.29) is 5.91 Å². The van der Waals surface area contributed by atoms with Crippen molar-refractivity contribution in [2.45, 2.75) is 12.8 Å². The first-order valence-corrected chi connectivity index (χ1v) is 6.82. The maximum atomic E-state index is 11.7. The number of halogens is 3. The fourth-order valence-corrected chi connectivity index (χ4v) is 2.08. The van der Waals surface area contributed by atoms with Crippen LogP contribution < -0.4 is 5.32 Å². The Morgan fingerprint density at radius 2 is 2.06 bits per heavy atom. The Bertz CT molecular complexity index is 371. The summed E-state index contributed by atoms with van der Waals surface area (Å²) in [5.41, 5.74) is 0.463. The third-order valence-corrected chi connectivity index (χ3v) is 3.13. The second-order valence-electron chi connectivity index (χ2n) is 3.28. The Hall–Kier alpha value is -0.250. The number of carbonyl (C=O) groups is 1. The number of alkyl halides is 1. The first-order valence-electron chi connectivity index (χ1n) is 4.94. The van der Waals surface area contributed by atoms with Gasteiger partial charge < -0.3 is 5.32 Å². The van der Waals surface area contributed by atoms with Gasteiger partial charge in [0.2, 0.25) is 0 Å². The van der Waals surface area contributed by atoms with Crippen LogP contribution >= 0.6 is 39.1 Å². The van der Waals surface area contributed by atoms with E-state index < -0.39 is 0 Å². The molecule has 0 spiro atoms. The number of nitrogens with one attached hydrogen (secondary N) is 1. The summed E-state index contributed by atoms with van der Waals surface area (Å²) >= 11 is 15.0. The summed E-state index contributed by atoms with van der Waals surface area (Å²) in [4.78, 5) is 11.7. The molecule has 0 heterocycles. The van der Waals surface area contributed by atoms with Gasteiger partial charge in [0.05, 0.1) is 10.6 Å². The number of benzene rings is 1. The molecule has 0 aliphatic rings. The number of amides is 1. The molecule has 0 aliphatic carbocycles. The highest BCUT2D eigenvalue weighted by Crippen LogP contribution is 2.20. The molecule has 0 atom stereocenters. The Morgan fingerprint density at radius 3 is 2.69 bits per heavy atom. The van der Waals surface area contributed by atoms with Gasteiger partial charge in [-0.2, -0.15) is 0 Å². The number of rotatable bonds is 5. The van der Waals surface area contributed by atoms with Gasteiger partial charge in [0.15, 0.2) is 0 Å². The molecule has 1 aromatic carbocycles. The lowest BCUT2D eigenvalue weighted by molar-refractivity contribution is 0.0953. The average Bonchev–Trinajstić information content (AvgIpc) is 2.24. The van der Waals surface area contributed by atoms with Crippen molar-refractivity contribution in [2.24, 2.45) is 0 Å². The molecular weight excluding hydrogens is 313 g/mol. The number of hydrogen-bond acceptors (Lipinski definition) is 1. The molecule has 0 unspecified atom stereocenters. The van der Waals surface area contributed by atoms with E-state index in [1.807, 2.05) is 0 Å². The van der Waals surface area contributed by atoms with E-state index >= 15 is 0 Å². The van der Waals surface area contributed by atoms with Crippen molar-refractivity contribution in [3.63, 3.8) is 0 Å². The van der Waals surface area contributed by atoms with Crippen molar-refractivity contribution < 1.29 is 4.79 Å². The minimum absolute atomic E-state index is 0.156. The summed E-state index contributed by atoms with van der Waals surface area (Å²) in [6, 6.07) is 4.85. The summed E-state index contributed by atoms with van der Waals surface area (Å²) in [5.74, 6) is -0.156. The predicted octanol–water partition coefficient (Wildman–Crippen LogP) is 3.90. The fraction of sp³-hybridized carbons (Fsp3) is 0.364. The lowest BCUT2D eigenvalue weighted by Gasteiger charge is -2.06. The second-order valence-corrected chi connectivity index (χ2v) is 4.91. The fourth-order valence-electron chi connectivity index (χ4n) is 1.19. The molecule has 1 aromatic rings. The molecule has 0 saturated heterocycles. The van der Waals surface area contributed by atoms with Crippen LogP contribution in [-0.2, 0) is 0 Å². The van der Waals surface area contributed by atoms with Crippen LogP contribution in [0.25, 0.3) is 0 Å². The minimum Gasteiger partial charge on any atom is -0.352 e. The molecule has 5 heteroatoms. The molecule has 0 aliphatic heterocycles. The number of hydrogen-bond donors (Lipinski definition) is 1. The van der Waals surface area contributed by atoms with E-state index in [2.05, 4.69) is 21.2 Å². The summed E-state index contributed by atoms with van der Waals surface area (Å²) in [6.45, 7) is 0.656. The van der Waals surface area contributed by atoms with Crippen LogP contribution in [0.4, 0.5) is 0 Å². The third kappa shape index (κ3) is 4.32. The zero-order valence-corrected chi connectivity index (χ0v) is 11.7. The van der Waals surface area contributed by atoms with Gasteiger partial charge in [0, 0.05) is 16.9 Å². The van der Waals surface area contributed by atoms with Crippen molar-refractivity contribution in [3.8, 4) is 0 Å². The predicted molar refractivity (Wildman–Crippen MR) is 71.8 cm³/mol. The first kappa shape index (κ1) is 13.8. The standard InChI is InChI=1S/C11H12BrCl2NO/c12-5-1-2-6-15-11(16)9-4-3-8(13)7-10(9)14/h3-4,7H,1-2,5-6H2,(H,15,16). The Kier molecular flexibility index (Phi) is 6.17. The molecule has 0 fully saturated rings. The molecule has 1 amide bonds. The summed E-state index contributed by atoms with van der Waals surface area (Å²) in [6.07, 6.45) is 1.98. The highest BCUT2D eigenvalue weighted by molar-refractivity contribution is 9.09. The Labute approximate surface area is 113 Å². The third-order valence-electron chi connectivity index (χ3n) is 2.02. The van der Waals surface area contributed by atoms with Gasteiger partial charge >= 0.3 is 0 Å². The van der Waals surface area contributed by atoms with Crippen molar-refractivity contribution in [3.05, 3.63) is 33.8 Å². The average molecular weight is 325 g/mol. The monoisotopic (exact) mass is 323 g/mol. The van der Waals surface area contributed by atoms with Crippen LogP contribution in [-0.4, -0.2) is 17.8 Å². The van der Waals surface area contributed by atoms with Crippen molar-refractivity contribution >= 4 is 45.0 Å². The lowest BCUT2D eigenvalue weighted by Crippen LogP contribution is -2.24. The Balaban J connectivity index is 2.53. The first-order chi connectivity index (χ1) is 7.65. The van der Waals surface area contributed by atoms with Crippen LogP contribution in [0.5, 0.6) is 0 Å². The van der Waals surface area contributed by atoms with E-state index in [1.54, 1.807) is 18.2 Å². The minimum atomic E-state index is -0.156. The van der Waals surface area contributed by atoms with Crippen LogP contribution in [0, 0.1) is 0 Å². The van der Waals surface area contributed by atoms with Gasteiger partial charge in [-0.3, -0.25) is 4.79 Å². The van der Waals surface area contributed by atoms with Crippen LogP contribution in [0.15, 0.2) is 18.2 Å². The summed E-state index contributed by atoms with van der Waals surface area (Å²) in [5, 5.41) is 4.66. The van der Waals surface area contributed by atoms with E-state index in [4.69, 9.17) is 23.2 Å². The maximum absolute atomic E-state index is 11.7. The quantitative estimate of drug-likeness (QED) is 0.646. The Morgan fingerprint density at radius 1 is 1.31 bits per heavy atom. The van der Waals surface area contributed by atoms with Crippen LogP contribution in [0.3, 0.4) is 0 Å². The van der Waals surface area contributed by atoms with E-state index in [9.17, 15) is 4.79 Å². The van der Waals surface area contributed by atoms with Gasteiger partial charge in [0.25, 0.3) is 5.91 Å². The van der Waals surface area contributed by atoms with Crippen molar-refractivity contribution in [1.29, 1.82) is 0 Å². The van der Waals surface area contributed by atoms with Gasteiger partial charge in [-0.15, -0.1) is 0 Å². The molecule has 0 radical (unpaired) electrons. The van der Waals surface area contributed by atoms with Crippen molar-refractivity contribution in [1.82, 2.24) is 5.32 Å². The molecule has 0 saturated carbocycles. The molecule has 0 bridgehead atoms. The zero-order valence-electron chi connectivity index (χ0n) is 8.60. The molecule has 0 aromatic heterocycles. The SMILES string of the molecule is O=C(NCCCCBr)c1ccc(Cl)cc1Cl. The van der Waals surface area contributed by atoms with E-state index in [0.29, 0.717) is 22.2 Å². The zero-order chi connectivity index (χ0) is 12.0. The van der Waals surface area contributed by atoms with E-state index in [0.717, 1.165) is 18.2 Å². The highest BCUT2D eigenvalue weighted by atomic mass is 79.9. The highest BCUT2D eigenvalue weighted by Gasteiger charge is 2.09. The largest absolute Gasteiger partial charge is 0.352 e. The molecule has 2 nitrogen and oxygen atoms in total. The molecule has 16 heavy (non-hydrogen) atoms. The molecule has 88 valence electrons. The second kappa shape index (κ2) is 7.15. The van der Waals surface area contributed by atoms with Gasteiger partial charge in [-0.1, -0.05) is 39.1 Å². The van der Waals surface area contributed by atoms with Crippen LogP contribution in [0.1, 0.15) is 23.2 Å². The van der Waals surface area contributed by atoms with Gasteiger partial charge in [0.1, 0.15) is 0 Å². The number of carbonyl (C=O) groups excluding carboxylic acids is 1. The molecule has 1 N–H and O–H groups in total. The lowest BCUT2D eigenvalue weighted by atomic mass is 10.2. The number of unbranched alkanes of at least 4 members (excludes halogenated alkanes) is 1. The summed E-state index contributed by atoms with van der Waals surface area (Å²) < 4.78 is 0. The topological polar surface area (TPSA) is 29.1 Å². The maximum Gasteiger partial charge on any atom is 0.252 e. The molecular formula is C11H12BrCl2NO. The van der Waals surface area contributed by atoms with E-state index in [1.165, 1.54) is 0 Å². The van der Waals surface area contributed by atoms with Crippen molar-refractivity contribution in [2.75, 3.05) is 11.9 Å². The smallest absolute Gasteiger partial charge is 0.252 e. The normalized spacial score (nSPS) is 10.2. The molecule has 1 rings (SSSR count). The van der Waals surface area contributed by atoms with Gasteiger partial charge in [-0.25, -0.2) is 0 Å². The summed E-state index contributed by atoms with van der Waals surface area (Å²) in [7, 11) is 0.